The zero-order valence-electron chi connectivity index (χ0n) is 11.0. The van der Waals surface area contributed by atoms with Crippen LogP contribution in [-0.2, 0) is 0 Å². The second-order valence-corrected chi connectivity index (χ2v) is 6.62. The molecule has 0 aromatic carbocycles. The molecule has 16 heavy (non-hydrogen) atoms. The number of nitrogens with one attached hydrogen (secondary N) is 1. The van der Waals surface area contributed by atoms with E-state index in [9.17, 15) is 0 Å². The van der Waals surface area contributed by atoms with Crippen molar-refractivity contribution in [2.24, 2.45) is 5.92 Å². The van der Waals surface area contributed by atoms with Crippen LogP contribution in [0.4, 0.5) is 0 Å². The van der Waals surface area contributed by atoms with Crippen molar-refractivity contribution < 1.29 is 0 Å². The molecule has 0 aromatic rings. The maximum Gasteiger partial charge on any atom is 0.00805 e. The van der Waals surface area contributed by atoms with Crippen LogP contribution in [0.2, 0.25) is 0 Å². The molecule has 0 amide bonds. The predicted molar refractivity (Wildman–Crippen MR) is 76.1 cm³/mol. The lowest BCUT2D eigenvalue weighted by Gasteiger charge is -2.24. The van der Waals surface area contributed by atoms with Crippen LogP contribution in [-0.4, -0.2) is 23.1 Å². The summed E-state index contributed by atoms with van der Waals surface area (Å²) in [6.07, 6.45) is 7.28. The normalized spacial score (nSPS) is 28.9. The molecule has 1 fully saturated rings. The first-order chi connectivity index (χ1) is 7.67. The Hall–Kier alpha value is 0.0500. The summed E-state index contributed by atoms with van der Waals surface area (Å²) >= 11 is 2.13. The van der Waals surface area contributed by atoms with Crippen LogP contribution in [0, 0.1) is 5.92 Å². The number of allylic oxidation sites excluding steroid dienone is 1. The topological polar surface area (TPSA) is 12.0 Å². The molecule has 0 aliphatic heterocycles. The van der Waals surface area contributed by atoms with Gasteiger partial charge in [0.05, 0.1) is 0 Å². The molecule has 0 bridgehead atoms. The molecule has 1 aliphatic carbocycles. The van der Waals surface area contributed by atoms with Gasteiger partial charge in [0.1, 0.15) is 0 Å². The summed E-state index contributed by atoms with van der Waals surface area (Å²) in [6.45, 7) is 10.7. The third-order valence-corrected chi connectivity index (χ3v) is 4.91. The fourth-order valence-corrected chi connectivity index (χ4v) is 3.62. The molecular weight excluding hydrogens is 214 g/mol. The maximum atomic E-state index is 3.82. The van der Waals surface area contributed by atoms with Gasteiger partial charge in [-0.1, -0.05) is 19.9 Å². The Morgan fingerprint density at radius 2 is 2.19 bits per heavy atom. The van der Waals surface area contributed by atoms with E-state index in [1.807, 2.05) is 6.08 Å². The van der Waals surface area contributed by atoms with Gasteiger partial charge in [0, 0.05) is 17.3 Å². The highest BCUT2D eigenvalue weighted by Gasteiger charge is 2.26. The van der Waals surface area contributed by atoms with Gasteiger partial charge in [-0.3, -0.25) is 0 Å². The molecule has 1 saturated carbocycles. The molecule has 1 rings (SSSR count). The zero-order valence-corrected chi connectivity index (χ0v) is 11.9. The molecule has 0 radical (unpaired) electrons. The second kappa shape index (κ2) is 7.39. The Bertz CT molecular complexity index is 205. The van der Waals surface area contributed by atoms with Crippen LogP contribution in [0.1, 0.15) is 46.5 Å². The highest BCUT2D eigenvalue weighted by molar-refractivity contribution is 7.99. The maximum absolute atomic E-state index is 3.82. The highest BCUT2D eigenvalue weighted by atomic mass is 32.2. The smallest absolute Gasteiger partial charge is 0.00805 e. The van der Waals surface area contributed by atoms with Gasteiger partial charge in [0.15, 0.2) is 0 Å². The first-order valence-corrected chi connectivity index (χ1v) is 7.70. The summed E-state index contributed by atoms with van der Waals surface area (Å²) in [5.41, 5.74) is 0. The van der Waals surface area contributed by atoms with Gasteiger partial charge >= 0.3 is 0 Å². The first-order valence-electron chi connectivity index (χ1n) is 6.65. The largest absolute Gasteiger partial charge is 0.311 e. The van der Waals surface area contributed by atoms with E-state index in [0.717, 1.165) is 17.7 Å². The highest BCUT2D eigenvalue weighted by Crippen LogP contribution is 2.30. The first kappa shape index (κ1) is 14.1. The molecule has 1 aliphatic rings. The quantitative estimate of drug-likeness (QED) is 0.680. The van der Waals surface area contributed by atoms with Gasteiger partial charge in [0.25, 0.3) is 0 Å². The summed E-state index contributed by atoms with van der Waals surface area (Å²) in [4.78, 5) is 0. The summed E-state index contributed by atoms with van der Waals surface area (Å²) < 4.78 is 0. The van der Waals surface area contributed by atoms with Crippen LogP contribution >= 0.6 is 11.8 Å². The third kappa shape index (κ3) is 4.50. The van der Waals surface area contributed by atoms with E-state index in [-0.39, 0.29) is 0 Å². The van der Waals surface area contributed by atoms with Crippen molar-refractivity contribution in [3.63, 3.8) is 0 Å². The van der Waals surface area contributed by atoms with Gasteiger partial charge in [0.2, 0.25) is 0 Å². The molecule has 1 N–H and O–H groups in total. The number of hydrogen-bond donors (Lipinski definition) is 1. The summed E-state index contributed by atoms with van der Waals surface area (Å²) in [6, 6.07) is 1.37. The Morgan fingerprint density at radius 1 is 1.44 bits per heavy atom. The molecule has 94 valence electrons. The Morgan fingerprint density at radius 3 is 2.81 bits per heavy atom. The Labute approximate surface area is 105 Å². The van der Waals surface area contributed by atoms with E-state index in [4.69, 9.17) is 0 Å². The average molecular weight is 241 g/mol. The zero-order chi connectivity index (χ0) is 12.0. The van der Waals surface area contributed by atoms with Crippen LogP contribution in [0.25, 0.3) is 0 Å². The van der Waals surface area contributed by atoms with E-state index < -0.39 is 0 Å². The molecule has 0 spiro atoms. The molecule has 0 aromatic heterocycles. The second-order valence-electron chi connectivity index (χ2n) is 5.04. The lowest BCUT2D eigenvalue weighted by Crippen LogP contribution is -2.38. The van der Waals surface area contributed by atoms with Crippen LogP contribution in [0.5, 0.6) is 0 Å². The van der Waals surface area contributed by atoms with Crippen molar-refractivity contribution in [1.29, 1.82) is 0 Å². The minimum absolute atomic E-state index is 0.619. The lowest BCUT2D eigenvalue weighted by atomic mass is 9.99. The van der Waals surface area contributed by atoms with E-state index in [0.29, 0.717) is 12.0 Å². The van der Waals surface area contributed by atoms with Crippen molar-refractivity contribution >= 4 is 11.8 Å². The van der Waals surface area contributed by atoms with E-state index in [1.54, 1.807) is 0 Å². The molecule has 4 atom stereocenters. The Balaban J connectivity index is 2.25. The monoisotopic (exact) mass is 241 g/mol. The molecule has 4 unspecified atom stereocenters. The van der Waals surface area contributed by atoms with Crippen molar-refractivity contribution in [2.45, 2.75) is 63.8 Å². The standard InChI is InChI=1S/C14H27NS/c1-5-7-11(3)12(4)15-13-8-9-14(10-13)16-6-2/h5,11-15H,1,6-10H2,2-4H3. The van der Waals surface area contributed by atoms with E-state index in [1.165, 1.54) is 25.0 Å². The molecule has 0 saturated heterocycles. The van der Waals surface area contributed by atoms with Gasteiger partial charge in [-0.05, 0) is 44.3 Å². The number of hydrogen-bond acceptors (Lipinski definition) is 2. The van der Waals surface area contributed by atoms with Crippen LogP contribution in [0.3, 0.4) is 0 Å². The van der Waals surface area contributed by atoms with Crippen LogP contribution in [0.15, 0.2) is 12.7 Å². The van der Waals surface area contributed by atoms with Gasteiger partial charge in [-0.25, -0.2) is 0 Å². The van der Waals surface area contributed by atoms with Crippen molar-refractivity contribution in [1.82, 2.24) is 5.32 Å². The average Bonchev–Trinajstić information content (AvgIpc) is 2.66. The molecular formula is C14H27NS. The SMILES string of the molecule is C=CCC(C)C(C)NC1CCC(SCC)C1. The van der Waals surface area contributed by atoms with E-state index in [2.05, 4.69) is 44.4 Å². The predicted octanol–water partition coefficient (Wildman–Crippen LogP) is 3.85. The third-order valence-electron chi connectivity index (χ3n) is 3.68. The number of thioether (sulfide) groups is 1. The van der Waals surface area contributed by atoms with Crippen molar-refractivity contribution in [2.75, 3.05) is 5.75 Å². The molecule has 2 heteroatoms. The van der Waals surface area contributed by atoms with Gasteiger partial charge in [-0.15, -0.1) is 6.58 Å². The van der Waals surface area contributed by atoms with Gasteiger partial charge in [-0.2, -0.15) is 11.8 Å². The molecule has 1 nitrogen and oxygen atoms in total. The Kier molecular flexibility index (Phi) is 6.52. The minimum Gasteiger partial charge on any atom is -0.311 e. The van der Waals surface area contributed by atoms with Gasteiger partial charge < -0.3 is 5.32 Å². The summed E-state index contributed by atoms with van der Waals surface area (Å²) in [7, 11) is 0. The van der Waals surface area contributed by atoms with Crippen molar-refractivity contribution in [3.8, 4) is 0 Å². The summed E-state index contributed by atoms with van der Waals surface area (Å²) in [5.74, 6) is 1.97. The van der Waals surface area contributed by atoms with E-state index >= 15 is 0 Å². The lowest BCUT2D eigenvalue weighted by molar-refractivity contribution is 0.358. The fraction of sp³-hybridized carbons (Fsp3) is 0.857. The molecule has 0 heterocycles. The summed E-state index contributed by atoms with van der Waals surface area (Å²) in [5, 5.41) is 4.70. The number of rotatable bonds is 7. The van der Waals surface area contributed by atoms with Crippen LogP contribution < -0.4 is 5.32 Å². The fourth-order valence-electron chi connectivity index (χ4n) is 2.48. The minimum atomic E-state index is 0.619. The van der Waals surface area contributed by atoms with Crippen molar-refractivity contribution in [3.05, 3.63) is 12.7 Å².